The maximum atomic E-state index is 5.62. The normalized spacial score (nSPS) is 10.8. The molecule has 2 N–H and O–H groups in total. The van der Waals surface area contributed by atoms with Crippen molar-refractivity contribution in [3.8, 4) is 0 Å². The van der Waals surface area contributed by atoms with Crippen LogP contribution < -0.4 is 5.73 Å². The molecule has 1 aromatic rings. The lowest BCUT2D eigenvalue weighted by molar-refractivity contribution is -0.116. The third-order valence-electron chi connectivity index (χ3n) is 1.78. The first-order valence-electron chi connectivity index (χ1n) is 3.92. The van der Waals surface area contributed by atoms with Crippen molar-refractivity contribution in [1.29, 1.82) is 0 Å². The molecule has 0 atom stereocenters. The maximum Gasteiger partial charge on any atom is 0.0575 e. The molecule has 4 heteroatoms. The summed E-state index contributed by atoms with van der Waals surface area (Å²) >= 11 is 3.44. The third kappa shape index (κ3) is 2.99. The van der Waals surface area contributed by atoms with Gasteiger partial charge in [-0.2, -0.15) is 5.06 Å². The van der Waals surface area contributed by atoms with E-state index in [9.17, 15) is 0 Å². The molecule has 0 heterocycles. The number of nitrogen functional groups attached to an aromatic ring is 1. The highest BCUT2D eigenvalue weighted by Crippen LogP contribution is 2.20. The fourth-order valence-corrected chi connectivity index (χ4v) is 1.52. The minimum Gasteiger partial charge on any atom is -0.399 e. The quantitative estimate of drug-likeness (QED) is 0.654. The minimum atomic E-state index is 0.733. The number of hydroxylamine groups is 2. The lowest BCUT2D eigenvalue weighted by Crippen LogP contribution is -2.16. The average molecular weight is 245 g/mol. The molecule has 1 aromatic carbocycles. The summed E-state index contributed by atoms with van der Waals surface area (Å²) in [5.41, 5.74) is 7.53. The molecule has 0 saturated heterocycles. The van der Waals surface area contributed by atoms with Crippen LogP contribution in [-0.2, 0) is 11.4 Å². The first kappa shape index (κ1) is 10.5. The Balaban J connectivity index is 2.77. The Hall–Kier alpha value is -0.580. The summed E-state index contributed by atoms with van der Waals surface area (Å²) in [5.74, 6) is 0. The number of hydrogen-bond acceptors (Lipinski definition) is 3. The zero-order valence-electron chi connectivity index (χ0n) is 7.75. The molecule has 0 aliphatic heterocycles. The third-order valence-corrected chi connectivity index (χ3v) is 2.52. The van der Waals surface area contributed by atoms with E-state index >= 15 is 0 Å². The van der Waals surface area contributed by atoms with Gasteiger partial charge >= 0.3 is 0 Å². The van der Waals surface area contributed by atoms with Crippen molar-refractivity contribution in [2.45, 2.75) is 6.54 Å². The Bertz CT molecular complexity index is 291. The second-order valence-corrected chi connectivity index (χ2v) is 3.67. The maximum absolute atomic E-state index is 5.62. The zero-order chi connectivity index (χ0) is 9.84. The van der Waals surface area contributed by atoms with Crippen LogP contribution in [0.3, 0.4) is 0 Å². The van der Waals surface area contributed by atoms with Gasteiger partial charge in [0.05, 0.1) is 7.11 Å². The number of hydrogen-bond donors (Lipinski definition) is 1. The molecule has 0 unspecified atom stereocenters. The fourth-order valence-electron chi connectivity index (χ4n) is 0.996. The second-order valence-electron chi connectivity index (χ2n) is 2.82. The van der Waals surface area contributed by atoms with E-state index in [1.165, 1.54) is 0 Å². The molecule has 0 aliphatic rings. The number of anilines is 1. The molecule has 0 aromatic heterocycles. The zero-order valence-corrected chi connectivity index (χ0v) is 9.34. The van der Waals surface area contributed by atoms with Crippen LogP contribution in [0.1, 0.15) is 5.56 Å². The molecule has 3 nitrogen and oxygen atoms in total. The standard InChI is InChI=1S/C9H13BrN2O/c1-12(13-2)6-7-3-4-8(11)5-9(7)10/h3-5H,6,11H2,1-2H3. The van der Waals surface area contributed by atoms with E-state index in [-0.39, 0.29) is 0 Å². The Morgan fingerprint density at radius 1 is 1.54 bits per heavy atom. The van der Waals surface area contributed by atoms with Crippen molar-refractivity contribution in [2.24, 2.45) is 0 Å². The molecule has 0 amide bonds. The van der Waals surface area contributed by atoms with Crippen LogP contribution in [0.5, 0.6) is 0 Å². The van der Waals surface area contributed by atoms with Crippen LogP contribution >= 0.6 is 15.9 Å². The predicted molar refractivity (Wildman–Crippen MR) is 57.0 cm³/mol. The number of halogens is 1. The van der Waals surface area contributed by atoms with Gasteiger partial charge in [0.25, 0.3) is 0 Å². The van der Waals surface area contributed by atoms with Crippen molar-refractivity contribution < 1.29 is 4.84 Å². The summed E-state index contributed by atoms with van der Waals surface area (Å²) in [5, 5.41) is 1.75. The largest absolute Gasteiger partial charge is 0.399 e. The van der Waals surface area contributed by atoms with E-state index in [1.54, 1.807) is 12.2 Å². The summed E-state index contributed by atoms with van der Waals surface area (Å²) in [4.78, 5) is 5.02. The van der Waals surface area contributed by atoms with Crippen LogP contribution in [0, 0.1) is 0 Å². The number of rotatable bonds is 3. The lowest BCUT2D eigenvalue weighted by Gasteiger charge is -2.14. The smallest absolute Gasteiger partial charge is 0.0575 e. The Labute approximate surface area is 86.6 Å². The van der Waals surface area contributed by atoms with E-state index in [2.05, 4.69) is 15.9 Å². The Morgan fingerprint density at radius 2 is 2.23 bits per heavy atom. The highest BCUT2D eigenvalue weighted by Gasteiger charge is 2.03. The molecular weight excluding hydrogens is 232 g/mol. The van der Waals surface area contributed by atoms with Gasteiger partial charge in [-0.1, -0.05) is 22.0 Å². The number of nitrogens with two attached hydrogens (primary N) is 1. The van der Waals surface area contributed by atoms with Gasteiger partial charge in [0.1, 0.15) is 0 Å². The second kappa shape index (κ2) is 4.60. The highest BCUT2D eigenvalue weighted by atomic mass is 79.9. The molecule has 0 spiro atoms. The van der Waals surface area contributed by atoms with E-state index in [0.717, 1.165) is 22.3 Å². The van der Waals surface area contributed by atoms with Gasteiger partial charge in [0, 0.05) is 23.8 Å². The Morgan fingerprint density at radius 3 is 2.77 bits per heavy atom. The molecule has 0 saturated carbocycles. The van der Waals surface area contributed by atoms with Gasteiger partial charge in [-0.3, -0.25) is 0 Å². The van der Waals surface area contributed by atoms with Crippen LogP contribution in [0.4, 0.5) is 5.69 Å². The van der Waals surface area contributed by atoms with Gasteiger partial charge in [0.2, 0.25) is 0 Å². The summed E-state index contributed by atoms with van der Waals surface area (Å²) in [6.45, 7) is 0.733. The van der Waals surface area contributed by atoms with E-state index in [0.29, 0.717) is 0 Å². The molecule has 0 bridgehead atoms. The molecule has 13 heavy (non-hydrogen) atoms. The van der Waals surface area contributed by atoms with E-state index in [1.807, 2.05) is 25.2 Å². The molecule has 1 rings (SSSR count). The van der Waals surface area contributed by atoms with E-state index in [4.69, 9.17) is 10.6 Å². The van der Waals surface area contributed by atoms with Crippen LogP contribution in [0.25, 0.3) is 0 Å². The van der Waals surface area contributed by atoms with Gasteiger partial charge in [-0.15, -0.1) is 0 Å². The van der Waals surface area contributed by atoms with Crippen LogP contribution in [-0.4, -0.2) is 19.2 Å². The van der Waals surface area contributed by atoms with Crippen molar-refractivity contribution in [3.63, 3.8) is 0 Å². The minimum absolute atomic E-state index is 0.733. The molecule has 0 aliphatic carbocycles. The van der Waals surface area contributed by atoms with Crippen molar-refractivity contribution >= 4 is 21.6 Å². The first-order valence-corrected chi connectivity index (χ1v) is 4.72. The number of benzene rings is 1. The van der Waals surface area contributed by atoms with Gasteiger partial charge in [0.15, 0.2) is 0 Å². The van der Waals surface area contributed by atoms with Crippen LogP contribution in [0.15, 0.2) is 22.7 Å². The SMILES string of the molecule is CON(C)Cc1ccc(N)cc1Br. The van der Waals surface area contributed by atoms with Gasteiger partial charge in [-0.25, -0.2) is 0 Å². The predicted octanol–water partition coefficient (Wildman–Crippen LogP) is 2.02. The summed E-state index contributed by atoms with van der Waals surface area (Å²) in [6.07, 6.45) is 0. The van der Waals surface area contributed by atoms with Crippen LogP contribution in [0.2, 0.25) is 0 Å². The monoisotopic (exact) mass is 244 g/mol. The molecule has 72 valence electrons. The topological polar surface area (TPSA) is 38.5 Å². The molecule has 0 fully saturated rings. The van der Waals surface area contributed by atoms with Gasteiger partial charge < -0.3 is 10.6 Å². The summed E-state index contributed by atoms with van der Waals surface area (Å²) in [6, 6.07) is 5.75. The number of nitrogens with zero attached hydrogens (tertiary/aromatic N) is 1. The van der Waals surface area contributed by atoms with Crippen molar-refractivity contribution in [1.82, 2.24) is 5.06 Å². The Kier molecular flexibility index (Phi) is 3.71. The van der Waals surface area contributed by atoms with Crippen molar-refractivity contribution in [2.75, 3.05) is 19.9 Å². The molecular formula is C9H13BrN2O. The summed E-state index contributed by atoms with van der Waals surface area (Å²) in [7, 11) is 3.52. The van der Waals surface area contributed by atoms with Crippen molar-refractivity contribution in [3.05, 3.63) is 28.2 Å². The molecule has 0 radical (unpaired) electrons. The van der Waals surface area contributed by atoms with E-state index < -0.39 is 0 Å². The lowest BCUT2D eigenvalue weighted by atomic mass is 10.2. The average Bonchev–Trinajstić information content (AvgIpc) is 2.09. The highest BCUT2D eigenvalue weighted by molar-refractivity contribution is 9.10. The van der Waals surface area contributed by atoms with Gasteiger partial charge in [-0.05, 0) is 17.7 Å². The summed E-state index contributed by atoms with van der Waals surface area (Å²) < 4.78 is 1.01. The first-order chi connectivity index (χ1) is 6.13. The fraction of sp³-hybridized carbons (Fsp3) is 0.333.